The van der Waals surface area contributed by atoms with Crippen molar-refractivity contribution in [3.8, 4) is 0 Å². The van der Waals surface area contributed by atoms with E-state index in [9.17, 15) is 14.0 Å². The van der Waals surface area contributed by atoms with Gasteiger partial charge in [-0.2, -0.15) is 5.10 Å². The summed E-state index contributed by atoms with van der Waals surface area (Å²) in [6.07, 6.45) is 6.23. The number of rotatable bonds is 5. The van der Waals surface area contributed by atoms with Gasteiger partial charge in [0.15, 0.2) is 0 Å². The van der Waals surface area contributed by atoms with Crippen LogP contribution in [0.3, 0.4) is 0 Å². The second-order valence-corrected chi connectivity index (χ2v) is 7.15. The normalized spacial score (nSPS) is 12.1. The van der Waals surface area contributed by atoms with Gasteiger partial charge in [0.2, 0.25) is 5.91 Å². The number of nitrogens with zero attached hydrogens (tertiary/aromatic N) is 5. The average Bonchev–Trinajstić information content (AvgIpc) is 3.14. The minimum absolute atomic E-state index is 0.0890. The summed E-state index contributed by atoms with van der Waals surface area (Å²) < 4.78 is 16.5. The number of halogens is 2. The maximum absolute atomic E-state index is 13.7. The summed E-state index contributed by atoms with van der Waals surface area (Å²) in [4.78, 5) is 34.4. The Hall–Kier alpha value is -3.59. The van der Waals surface area contributed by atoms with E-state index in [1.165, 1.54) is 29.2 Å². The molecule has 0 spiro atoms. The van der Waals surface area contributed by atoms with Crippen LogP contribution in [-0.2, 0) is 18.3 Å². The summed E-state index contributed by atoms with van der Waals surface area (Å²) in [7, 11) is 1.75. The highest BCUT2D eigenvalue weighted by Gasteiger charge is 2.24. The molecule has 0 saturated carbocycles. The molecule has 4 rings (SSSR count). The number of aromatic nitrogens is 5. The minimum Gasteiger partial charge on any atom is -0.309 e. The lowest BCUT2D eigenvalue weighted by molar-refractivity contribution is -0.119. The first kappa shape index (κ1) is 19.7. The summed E-state index contributed by atoms with van der Waals surface area (Å²) in [5.74, 6) is -0.750. The highest BCUT2D eigenvalue weighted by molar-refractivity contribution is 6.30. The smallest absolute Gasteiger partial charge is 0.262 e. The van der Waals surface area contributed by atoms with Gasteiger partial charge in [-0.05, 0) is 35.9 Å². The van der Waals surface area contributed by atoms with E-state index < -0.39 is 23.3 Å². The van der Waals surface area contributed by atoms with E-state index in [0.717, 1.165) is 11.6 Å². The molecule has 10 heteroatoms. The zero-order valence-electron chi connectivity index (χ0n) is 15.8. The van der Waals surface area contributed by atoms with Crippen molar-refractivity contribution in [2.24, 2.45) is 7.05 Å². The molecule has 0 aliphatic rings. The Morgan fingerprint density at radius 3 is 2.77 bits per heavy atom. The highest BCUT2D eigenvalue weighted by atomic mass is 35.5. The molecule has 30 heavy (non-hydrogen) atoms. The Morgan fingerprint density at radius 2 is 2.07 bits per heavy atom. The molecule has 1 N–H and O–H groups in total. The summed E-state index contributed by atoms with van der Waals surface area (Å²) in [6, 6.07) is 5.95. The van der Waals surface area contributed by atoms with Crippen LogP contribution < -0.4 is 10.9 Å². The average molecular weight is 427 g/mol. The second-order valence-electron chi connectivity index (χ2n) is 6.71. The lowest BCUT2D eigenvalue weighted by atomic mass is 10.1. The standard InChI is InChI=1S/C20H16ClFN6O2/c1-27-10-12(8-25-27)6-17(19(29)26-18-5-2-13(21)9-23-18)28-11-24-16-4-3-14(22)7-15(16)20(28)30/h2-5,7-11,17H,6H2,1H3,(H,23,26,29). The van der Waals surface area contributed by atoms with Crippen LogP contribution in [0.1, 0.15) is 11.6 Å². The van der Waals surface area contributed by atoms with Gasteiger partial charge < -0.3 is 5.32 Å². The second kappa shape index (κ2) is 8.03. The van der Waals surface area contributed by atoms with Gasteiger partial charge in [-0.25, -0.2) is 14.4 Å². The number of pyridine rings is 1. The fraction of sp³-hybridized carbons (Fsp3) is 0.150. The molecule has 1 unspecified atom stereocenters. The molecule has 0 bridgehead atoms. The van der Waals surface area contributed by atoms with Crippen molar-refractivity contribution in [1.82, 2.24) is 24.3 Å². The predicted molar refractivity (Wildman–Crippen MR) is 110 cm³/mol. The molecule has 4 aromatic rings. The number of benzene rings is 1. The van der Waals surface area contributed by atoms with E-state index in [2.05, 4.69) is 20.4 Å². The Morgan fingerprint density at radius 1 is 1.23 bits per heavy atom. The molecule has 0 aliphatic heterocycles. The third-order valence-corrected chi connectivity index (χ3v) is 4.77. The van der Waals surface area contributed by atoms with Gasteiger partial charge in [0.1, 0.15) is 17.7 Å². The van der Waals surface area contributed by atoms with Crippen LogP contribution in [0.2, 0.25) is 5.02 Å². The maximum atomic E-state index is 13.7. The molecule has 0 saturated heterocycles. The number of aryl methyl sites for hydroxylation is 1. The maximum Gasteiger partial charge on any atom is 0.262 e. The molecular formula is C20H16ClFN6O2. The molecule has 1 aromatic carbocycles. The third kappa shape index (κ3) is 4.06. The number of nitrogens with one attached hydrogen (secondary N) is 1. The van der Waals surface area contributed by atoms with E-state index in [0.29, 0.717) is 10.5 Å². The van der Waals surface area contributed by atoms with E-state index >= 15 is 0 Å². The third-order valence-electron chi connectivity index (χ3n) is 4.55. The predicted octanol–water partition coefficient (Wildman–Crippen LogP) is 2.74. The van der Waals surface area contributed by atoms with Gasteiger partial charge in [0.25, 0.3) is 5.56 Å². The lowest BCUT2D eigenvalue weighted by Gasteiger charge is -2.19. The monoisotopic (exact) mass is 426 g/mol. The zero-order chi connectivity index (χ0) is 21.3. The van der Waals surface area contributed by atoms with Gasteiger partial charge in [-0.1, -0.05) is 11.6 Å². The van der Waals surface area contributed by atoms with Crippen LogP contribution in [0.15, 0.2) is 60.0 Å². The summed E-state index contributed by atoms with van der Waals surface area (Å²) in [5.41, 5.74) is 0.568. The number of fused-ring (bicyclic) bond motifs is 1. The summed E-state index contributed by atoms with van der Waals surface area (Å²) in [5, 5.41) is 7.31. The van der Waals surface area contributed by atoms with Crippen molar-refractivity contribution >= 4 is 34.2 Å². The molecule has 0 radical (unpaired) electrons. The first-order valence-electron chi connectivity index (χ1n) is 8.97. The highest BCUT2D eigenvalue weighted by Crippen LogP contribution is 2.18. The van der Waals surface area contributed by atoms with Gasteiger partial charge in [-0.3, -0.25) is 18.8 Å². The molecule has 0 fully saturated rings. The van der Waals surface area contributed by atoms with Crippen molar-refractivity contribution in [2.45, 2.75) is 12.5 Å². The van der Waals surface area contributed by atoms with Gasteiger partial charge in [0.05, 0.1) is 28.4 Å². The molecule has 1 atom stereocenters. The lowest BCUT2D eigenvalue weighted by Crippen LogP contribution is -2.35. The fourth-order valence-electron chi connectivity index (χ4n) is 3.11. The summed E-state index contributed by atoms with van der Waals surface area (Å²) in [6.45, 7) is 0. The van der Waals surface area contributed by atoms with Crippen LogP contribution in [0.25, 0.3) is 10.9 Å². The molecule has 152 valence electrons. The van der Waals surface area contributed by atoms with Gasteiger partial charge in [0, 0.05) is 25.9 Å². The quantitative estimate of drug-likeness (QED) is 0.529. The van der Waals surface area contributed by atoms with Crippen molar-refractivity contribution in [3.05, 3.63) is 82.0 Å². The topological polar surface area (TPSA) is 94.7 Å². The molecule has 0 aliphatic carbocycles. The molecule has 3 heterocycles. The van der Waals surface area contributed by atoms with Crippen molar-refractivity contribution in [2.75, 3.05) is 5.32 Å². The van der Waals surface area contributed by atoms with Crippen LogP contribution in [-0.4, -0.2) is 30.2 Å². The molecule has 1 amide bonds. The van der Waals surface area contributed by atoms with Crippen LogP contribution in [0.5, 0.6) is 0 Å². The van der Waals surface area contributed by atoms with Crippen LogP contribution in [0, 0.1) is 5.82 Å². The van der Waals surface area contributed by atoms with E-state index in [4.69, 9.17) is 11.6 Å². The fourth-order valence-corrected chi connectivity index (χ4v) is 3.22. The van der Waals surface area contributed by atoms with E-state index in [1.807, 2.05) is 0 Å². The van der Waals surface area contributed by atoms with Gasteiger partial charge >= 0.3 is 0 Å². The van der Waals surface area contributed by atoms with Crippen LogP contribution >= 0.6 is 11.6 Å². The Bertz CT molecular complexity index is 1280. The number of anilines is 1. The molecule has 8 nitrogen and oxygen atoms in total. The SMILES string of the molecule is Cn1cc(CC(C(=O)Nc2ccc(Cl)cn2)n2cnc3ccc(F)cc3c2=O)cn1. The van der Waals surface area contributed by atoms with Crippen molar-refractivity contribution in [1.29, 1.82) is 0 Å². The number of hydrogen-bond acceptors (Lipinski definition) is 5. The molecular weight excluding hydrogens is 411 g/mol. The number of carbonyl (C=O) groups is 1. The zero-order valence-corrected chi connectivity index (χ0v) is 16.5. The first-order valence-corrected chi connectivity index (χ1v) is 9.35. The van der Waals surface area contributed by atoms with E-state index in [1.54, 1.807) is 36.3 Å². The minimum atomic E-state index is -0.959. The van der Waals surface area contributed by atoms with Gasteiger partial charge in [-0.15, -0.1) is 0 Å². The van der Waals surface area contributed by atoms with Crippen LogP contribution in [0.4, 0.5) is 10.2 Å². The number of carbonyl (C=O) groups excluding carboxylic acids is 1. The largest absolute Gasteiger partial charge is 0.309 e. The first-order chi connectivity index (χ1) is 14.4. The van der Waals surface area contributed by atoms with Crippen molar-refractivity contribution in [3.63, 3.8) is 0 Å². The Balaban J connectivity index is 1.75. The van der Waals surface area contributed by atoms with E-state index in [-0.39, 0.29) is 17.6 Å². The number of hydrogen-bond donors (Lipinski definition) is 1. The Kier molecular flexibility index (Phi) is 5.28. The molecule has 3 aromatic heterocycles. The number of amides is 1. The van der Waals surface area contributed by atoms with Crippen molar-refractivity contribution < 1.29 is 9.18 Å². The Labute approximate surface area is 175 Å². The summed E-state index contributed by atoms with van der Waals surface area (Å²) >= 11 is 5.84.